The molecule has 0 unspecified atom stereocenters. The number of esters is 1. The Hall–Kier alpha value is -1.84. The normalized spacial score (nSPS) is 19.5. The number of hydrogen-bond acceptors (Lipinski definition) is 3. The lowest BCUT2D eigenvalue weighted by molar-refractivity contribution is -0.151. The van der Waals surface area contributed by atoms with E-state index in [0.29, 0.717) is 13.2 Å². The highest BCUT2D eigenvalue weighted by molar-refractivity contribution is 5.84. The average Bonchev–Trinajstić information content (AvgIpc) is 2.57. The minimum atomic E-state index is -0.175. The van der Waals surface area contributed by atoms with Crippen LogP contribution in [0.25, 0.3) is 0 Å². The van der Waals surface area contributed by atoms with E-state index < -0.39 is 0 Å². The summed E-state index contributed by atoms with van der Waals surface area (Å²) in [5, 5.41) is 0. The highest BCUT2D eigenvalue weighted by atomic mass is 16.5. The van der Waals surface area contributed by atoms with Crippen molar-refractivity contribution in [2.45, 2.75) is 39.0 Å². The van der Waals surface area contributed by atoms with Crippen LogP contribution in [-0.4, -0.2) is 36.5 Å². The Morgan fingerprint density at radius 1 is 1.27 bits per heavy atom. The van der Waals surface area contributed by atoms with Crippen LogP contribution >= 0.6 is 0 Å². The summed E-state index contributed by atoms with van der Waals surface area (Å²) in [6.07, 6.45) is 2.44. The minimum Gasteiger partial charge on any atom is -0.466 e. The maximum Gasteiger partial charge on any atom is 0.310 e. The van der Waals surface area contributed by atoms with E-state index in [0.717, 1.165) is 31.4 Å². The standard InChI is InChI=1S/C18H25NO3/c1-3-16(14-9-6-5-7-10-14)17(20)19-12-8-11-15(13-19)18(21)22-4-2/h5-7,9-10,15-16H,3-4,8,11-13H2,1-2H3/t15-,16-/m0/s1. The van der Waals surface area contributed by atoms with E-state index in [2.05, 4.69) is 0 Å². The fraction of sp³-hybridized carbons (Fsp3) is 0.556. The highest BCUT2D eigenvalue weighted by Crippen LogP contribution is 2.26. The van der Waals surface area contributed by atoms with Gasteiger partial charge in [-0.05, 0) is 31.7 Å². The van der Waals surface area contributed by atoms with Crippen LogP contribution in [0.5, 0.6) is 0 Å². The molecule has 0 aromatic heterocycles. The first kappa shape index (κ1) is 16.5. The molecule has 0 spiro atoms. The molecule has 1 amide bonds. The number of hydrogen-bond donors (Lipinski definition) is 0. The number of carbonyl (C=O) groups is 2. The quantitative estimate of drug-likeness (QED) is 0.786. The lowest BCUT2D eigenvalue weighted by atomic mass is 9.92. The Bertz CT molecular complexity index is 500. The van der Waals surface area contributed by atoms with Gasteiger partial charge in [-0.15, -0.1) is 0 Å². The first-order chi connectivity index (χ1) is 10.7. The molecule has 4 heteroatoms. The minimum absolute atomic E-state index is 0.123. The third kappa shape index (κ3) is 3.87. The van der Waals surface area contributed by atoms with Gasteiger partial charge in [0.1, 0.15) is 0 Å². The predicted octanol–water partition coefficient (Wildman–Crippen LogP) is 2.98. The van der Waals surface area contributed by atoms with Crippen LogP contribution in [0.4, 0.5) is 0 Å². The molecule has 1 aliphatic rings. The van der Waals surface area contributed by atoms with Crippen molar-refractivity contribution < 1.29 is 14.3 Å². The van der Waals surface area contributed by atoms with Gasteiger partial charge in [-0.2, -0.15) is 0 Å². The number of nitrogens with zero attached hydrogens (tertiary/aromatic N) is 1. The summed E-state index contributed by atoms with van der Waals surface area (Å²) < 4.78 is 5.10. The van der Waals surface area contributed by atoms with Crippen molar-refractivity contribution in [1.82, 2.24) is 4.90 Å². The number of rotatable bonds is 5. The molecule has 0 N–H and O–H groups in total. The summed E-state index contributed by atoms with van der Waals surface area (Å²) in [6.45, 7) is 5.46. The monoisotopic (exact) mass is 303 g/mol. The molecule has 0 bridgehead atoms. The fourth-order valence-electron chi connectivity index (χ4n) is 3.09. The zero-order chi connectivity index (χ0) is 15.9. The van der Waals surface area contributed by atoms with E-state index in [9.17, 15) is 9.59 Å². The zero-order valence-corrected chi connectivity index (χ0v) is 13.5. The van der Waals surface area contributed by atoms with E-state index in [1.807, 2.05) is 49.1 Å². The smallest absolute Gasteiger partial charge is 0.310 e. The molecule has 1 aliphatic heterocycles. The largest absolute Gasteiger partial charge is 0.466 e. The van der Waals surface area contributed by atoms with Crippen LogP contribution in [0.2, 0.25) is 0 Å². The summed E-state index contributed by atoms with van der Waals surface area (Å²) in [7, 11) is 0. The van der Waals surface area contributed by atoms with Gasteiger partial charge in [-0.25, -0.2) is 0 Å². The number of amides is 1. The molecular weight excluding hydrogens is 278 g/mol. The van der Waals surface area contributed by atoms with Gasteiger partial charge in [0.2, 0.25) is 5.91 Å². The summed E-state index contributed by atoms with van der Waals surface area (Å²) in [5.41, 5.74) is 1.05. The highest BCUT2D eigenvalue weighted by Gasteiger charge is 2.32. The van der Waals surface area contributed by atoms with Gasteiger partial charge in [-0.1, -0.05) is 37.3 Å². The first-order valence-corrected chi connectivity index (χ1v) is 8.17. The van der Waals surface area contributed by atoms with Crippen LogP contribution in [0.1, 0.15) is 44.6 Å². The SMILES string of the molecule is CCOC(=O)[C@H]1CCCN(C(=O)[C@@H](CC)c2ccccc2)C1. The van der Waals surface area contributed by atoms with Crippen molar-refractivity contribution in [3.63, 3.8) is 0 Å². The lowest BCUT2D eigenvalue weighted by Gasteiger charge is -2.34. The summed E-state index contributed by atoms with van der Waals surface area (Å²) in [4.78, 5) is 26.6. The van der Waals surface area contributed by atoms with Gasteiger partial charge in [0.15, 0.2) is 0 Å². The van der Waals surface area contributed by atoms with Crippen LogP contribution in [-0.2, 0) is 14.3 Å². The molecule has 0 aliphatic carbocycles. The number of carbonyl (C=O) groups excluding carboxylic acids is 2. The van der Waals surface area contributed by atoms with Crippen molar-refractivity contribution in [2.24, 2.45) is 5.92 Å². The Morgan fingerprint density at radius 3 is 2.64 bits per heavy atom. The summed E-state index contributed by atoms with van der Waals surface area (Å²) in [5.74, 6) is -0.344. The van der Waals surface area contributed by atoms with Gasteiger partial charge in [-0.3, -0.25) is 9.59 Å². The molecule has 2 atom stereocenters. The first-order valence-electron chi connectivity index (χ1n) is 8.17. The molecule has 1 fully saturated rings. The van der Waals surface area contributed by atoms with Gasteiger partial charge in [0.05, 0.1) is 18.4 Å². The van der Waals surface area contributed by atoms with Gasteiger partial charge < -0.3 is 9.64 Å². The maximum absolute atomic E-state index is 12.8. The molecule has 0 saturated carbocycles. The molecular formula is C18H25NO3. The van der Waals surface area contributed by atoms with E-state index in [1.54, 1.807) is 0 Å². The fourth-order valence-corrected chi connectivity index (χ4v) is 3.09. The zero-order valence-electron chi connectivity index (χ0n) is 13.5. The van der Waals surface area contributed by atoms with E-state index >= 15 is 0 Å². The number of likely N-dealkylation sites (tertiary alicyclic amines) is 1. The Labute approximate surface area is 132 Å². The Morgan fingerprint density at radius 2 is 2.00 bits per heavy atom. The van der Waals surface area contributed by atoms with Crippen LogP contribution in [0.3, 0.4) is 0 Å². The van der Waals surface area contributed by atoms with Crippen LogP contribution in [0, 0.1) is 5.92 Å². The van der Waals surface area contributed by atoms with Crippen LogP contribution < -0.4 is 0 Å². The summed E-state index contributed by atoms with van der Waals surface area (Å²) in [6, 6.07) is 9.88. The Balaban J connectivity index is 2.06. The number of piperidine rings is 1. The second-order valence-corrected chi connectivity index (χ2v) is 5.75. The second-order valence-electron chi connectivity index (χ2n) is 5.75. The van der Waals surface area contributed by atoms with Crippen molar-refractivity contribution in [3.05, 3.63) is 35.9 Å². The van der Waals surface area contributed by atoms with E-state index in [4.69, 9.17) is 4.74 Å². The number of ether oxygens (including phenoxy) is 1. The van der Waals surface area contributed by atoms with Crippen LogP contribution in [0.15, 0.2) is 30.3 Å². The molecule has 2 rings (SSSR count). The Kier molecular flexibility index (Phi) is 5.99. The van der Waals surface area contributed by atoms with E-state index in [-0.39, 0.29) is 23.7 Å². The molecule has 1 heterocycles. The molecule has 120 valence electrons. The van der Waals surface area contributed by atoms with Crippen molar-refractivity contribution in [3.8, 4) is 0 Å². The van der Waals surface area contributed by atoms with Gasteiger partial charge >= 0.3 is 5.97 Å². The maximum atomic E-state index is 12.8. The second kappa shape index (κ2) is 7.97. The molecule has 1 aromatic rings. The molecule has 22 heavy (non-hydrogen) atoms. The average molecular weight is 303 g/mol. The summed E-state index contributed by atoms with van der Waals surface area (Å²) >= 11 is 0. The van der Waals surface area contributed by atoms with Gasteiger partial charge in [0.25, 0.3) is 0 Å². The predicted molar refractivity (Wildman–Crippen MR) is 85.4 cm³/mol. The van der Waals surface area contributed by atoms with Gasteiger partial charge in [0, 0.05) is 13.1 Å². The molecule has 4 nitrogen and oxygen atoms in total. The van der Waals surface area contributed by atoms with Crippen molar-refractivity contribution in [2.75, 3.05) is 19.7 Å². The van der Waals surface area contributed by atoms with E-state index in [1.165, 1.54) is 0 Å². The molecule has 0 radical (unpaired) electrons. The number of benzene rings is 1. The van der Waals surface area contributed by atoms with Crippen molar-refractivity contribution in [1.29, 1.82) is 0 Å². The third-order valence-corrected chi connectivity index (χ3v) is 4.26. The third-order valence-electron chi connectivity index (χ3n) is 4.26. The molecule has 1 saturated heterocycles. The lowest BCUT2D eigenvalue weighted by Crippen LogP contribution is -2.44. The topological polar surface area (TPSA) is 46.6 Å². The van der Waals surface area contributed by atoms with Crippen molar-refractivity contribution >= 4 is 11.9 Å². The molecule has 1 aromatic carbocycles.